The normalized spacial score (nSPS) is 11.4. The fourth-order valence-corrected chi connectivity index (χ4v) is 2.48. The van der Waals surface area contributed by atoms with Gasteiger partial charge in [-0.15, -0.1) is 0 Å². The number of hydrogen-bond acceptors (Lipinski definition) is 4. The predicted octanol–water partition coefficient (Wildman–Crippen LogP) is 0.990. The maximum Gasteiger partial charge on any atom is 0.279 e. The average Bonchev–Trinajstić information content (AvgIpc) is 2.62. The first-order valence-corrected chi connectivity index (χ1v) is 8.53. The summed E-state index contributed by atoms with van der Waals surface area (Å²) < 4.78 is 5.07. The van der Waals surface area contributed by atoms with Crippen molar-refractivity contribution >= 4 is 29.0 Å². The molecule has 7 nitrogen and oxygen atoms in total. The van der Waals surface area contributed by atoms with Crippen LogP contribution in [0.2, 0.25) is 0 Å². The van der Waals surface area contributed by atoms with E-state index in [2.05, 4.69) is 10.6 Å². The van der Waals surface area contributed by atoms with Gasteiger partial charge in [-0.1, -0.05) is 0 Å². The number of anilines is 2. The van der Waals surface area contributed by atoms with E-state index in [0.29, 0.717) is 22.7 Å². The number of carbonyl (C=O) groups excluding carboxylic acids is 3. The zero-order valence-corrected chi connectivity index (χ0v) is 15.7. The molecule has 2 aromatic rings. The highest BCUT2D eigenvalue weighted by atomic mass is 16.5. The fourth-order valence-electron chi connectivity index (χ4n) is 2.48. The lowest BCUT2D eigenvalue weighted by molar-refractivity contribution is -0.862. The molecule has 1 atom stereocenters. The molecular formula is C20H24N3O4+. The first-order chi connectivity index (χ1) is 12.9. The Morgan fingerprint density at radius 3 is 1.70 bits per heavy atom. The molecule has 2 amide bonds. The molecule has 3 N–H and O–H groups in total. The molecule has 0 aliphatic heterocycles. The van der Waals surface area contributed by atoms with Gasteiger partial charge >= 0.3 is 0 Å². The second-order valence-electron chi connectivity index (χ2n) is 6.27. The SMILES string of the molecule is COc1ccc(NC(=O)C[NH+](C)CC(=O)Nc2ccc(C(C)=O)cc2)cc1. The fraction of sp³-hybridized carbons (Fsp3) is 0.250. The van der Waals surface area contributed by atoms with Crippen molar-refractivity contribution in [1.82, 2.24) is 0 Å². The highest BCUT2D eigenvalue weighted by Crippen LogP contribution is 2.14. The Balaban J connectivity index is 1.79. The molecule has 0 saturated carbocycles. The van der Waals surface area contributed by atoms with Crippen molar-refractivity contribution in [2.24, 2.45) is 0 Å². The van der Waals surface area contributed by atoms with Crippen molar-refractivity contribution in [1.29, 1.82) is 0 Å². The minimum atomic E-state index is -0.208. The summed E-state index contributed by atoms with van der Waals surface area (Å²) >= 11 is 0. The van der Waals surface area contributed by atoms with Crippen molar-refractivity contribution in [3.8, 4) is 5.75 Å². The number of hydrogen-bond donors (Lipinski definition) is 3. The summed E-state index contributed by atoms with van der Waals surface area (Å²) in [5.41, 5.74) is 1.87. The number of amides is 2. The number of nitrogens with one attached hydrogen (secondary N) is 3. The third-order valence-electron chi connectivity index (χ3n) is 3.87. The Bertz CT molecular complexity index is 801. The number of likely N-dealkylation sites (N-methyl/N-ethyl adjacent to an activating group) is 1. The Morgan fingerprint density at radius 1 is 0.852 bits per heavy atom. The molecule has 2 rings (SSSR count). The summed E-state index contributed by atoms with van der Waals surface area (Å²) in [6.45, 7) is 1.79. The number of Topliss-reactive ketones (excluding diaryl/α,β-unsaturated/α-hetero) is 1. The average molecular weight is 370 g/mol. The van der Waals surface area contributed by atoms with Gasteiger partial charge in [0.15, 0.2) is 18.9 Å². The largest absolute Gasteiger partial charge is 0.497 e. The van der Waals surface area contributed by atoms with Gasteiger partial charge in [0.05, 0.1) is 14.2 Å². The maximum absolute atomic E-state index is 12.1. The van der Waals surface area contributed by atoms with Gasteiger partial charge in [-0.25, -0.2) is 0 Å². The third-order valence-corrected chi connectivity index (χ3v) is 3.87. The summed E-state index contributed by atoms with van der Waals surface area (Å²) in [5, 5.41) is 5.54. The highest BCUT2D eigenvalue weighted by molar-refractivity contribution is 5.96. The third kappa shape index (κ3) is 6.56. The van der Waals surface area contributed by atoms with Crippen LogP contribution in [-0.2, 0) is 9.59 Å². The second kappa shape index (κ2) is 9.49. The molecule has 1 unspecified atom stereocenters. The van der Waals surface area contributed by atoms with Crippen LogP contribution in [-0.4, -0.2) is 44.8 Å². The Hall–Kier alpha value is -3.19. The first kappa shape index (κ1) is 20.1. The van der Waals surface area contributed by atoms with Crippen LogP contribution in [0.1, 0.15) is 17.3 Å². The number of methoxy groups -OCH3 is 1. The Labute approximate surface area is 158 Å². The van der Waals surface area contributed by atoms with Crippen molar-refractivity contribution < 1.29 is 24.0 Å². The zero-order chi connectivity index (χ0) is 19.8. The van der Waals surface area contributed by atoms with Crippen molar-refractivity contribution in [2.45, 2.75) is 6.92 Å². The summed E-state index contributed by atoms with van der Waals surface area (Å²) in [6.07, 6.45) is 0. The van der Waals surface area contributed by atoms with E-state index < -0.39 is 0 Å². The zero-order valence-electron chi connectivity index (χ0n) is 15.7. The Kier molecular flexibility index (Phi) is 7.08. The molecule has 2 aromatic carbocycles. The number of quaternary nitrogens is 1. The minimum absolute atomic E-state index is 0.0278. The summed E-state index contributed by atoms with van der Waals surface area (Å²) in [4.78, 5) is 36.2. The molecule has 0 radical (unpaired) electrons. The molecule has 0 aliphatic rings. The number of carbonyl (C=O) groups is 3. The van der Waals surface area contributed by atoms with Crippen LogP contribution in [0.15, 0.2) is 48.5 Å². The number of benzene rings is 2. The van der Waals surface area contributed by atoms with Crippen LogP contribution in [0.5, 0.6) is 5.75 Å². The smallest absolute Gasteiger partial charge is 0.279 e. The molecule has 27 heavy (non-hydrogen) atoms. The van der Waals surface area contributed by atoms with E-state index in [9.17, 15) is 14.4 Å². The van der Waals surface area contributed by atoms with Crippen molar-refractivity contribution in [2.75, 3.05) is 37.9 Å². The number of ketones is 1. The molecule has 7 heteroatoms. The second-order valence-corrected chi connectivity index (χ2v) is 6.27. The molecular weight excluding hydrogens is 346 g/mol. The lowest BCUT2D eigenvalue weighted by atomic mass is 10.1. The summed E-state index contributed by atoms with van der Waals surface area (Å²) in [7, 11) is 3.35. The van der Waals surface area contributed by atoms with Crippen LogP contribution in [0.4, 0.5) is 11.4 Å². The van der Waals surface area contributed by atoms with Crippen LogP contribution in [0, 0.1) is 0 Å². The standard InChI is InChI=1S/C20H23N3O4/c1-14(24)15-4-6-16(7-5-15)21-19(25)12-23(2)13-20(26)22-17-8-10-18(27-3)11-9-17/h4-11H,12-13H2,1-3H3,(H,21,25)(H,22,26)/p+1. The van der Waals surface area contributed by atoms with Gasteiger partial charge in [-0.2, -0.15) is 0 Å². The van der Waals surface area contributed by atoms with Crippen LogP contribution in [0.3, 0.4) is 0 Å². The molecule has 0 aliphatic carbocycles. The van der Waals surface area contributed by atoms with Crippen molar-refractivity contribution in [3.63, 3.8) is 0 Å². The molecule has 142 valence electrons. The summed E-state index contributed by atoms with van der Waals surface area (Å²) in [6, 6.07) is 13.7. The van der Waals surface area contributed by atoms with Crippen LogP contribution in [0.25, 0.3) is 0 Å². The van der Waals surface area contributed by atoms with E-state index >= 15 is 0 Å². The Morgan fingerprint density at radius 2 is 1.30 bits per heavy atom. The first-order valence-electron chi connectivity index (χ1n) is 8.53. The van der Waals surface area contributed by atoms with Crippen LogP contribution >= 0.6 is 0 Å². The molecule has 0 fully saturated rings. The van der Waals surface area contributed by atoms with Gasteiger partial charge in [0.25, 0.3) is 11.8 Å². The van der Waals surface area contributed by atoms with Crippen LogP contribution < -0.4 is 20.3 Å². The van der Waals surface area contributed by atoms with Gasteiger partial charge in [0.1, 0.15) is 5.75 Å². The molecule has 0 saturated heterocycles. The lowest BCUT2D eigenvalue weighted by Crippen LogP contribution is -3.11. The molecule has 0 aromatic heterocycles. The van der Waals surface area contributed by atoms with E-state index in [1.807, 2.05) is 0 Å². The van der Waals surface area contributed by atoms with Crippen molar-refractivity contribution in [3.05, 3.63) is 54.1 Å². The molecule has 0 heterocycles. The quantitative estimate of drug-likeness (QED) is 0.605. The predicted molar refractivity (Wildman–Crippen MR) is 103 cm³/mol. The highest BCUT2D eigenvalue weighted by Gasteiger charge is 2.14. The molecule has 0 spiro atoms. The van der Waals surface area contributed by atoms with Gasteiger partial charge in [0, 0.05) is 16.9 Å². The monoisotopic (exact) mass is 370 g/mol. The van der Waals surface area contributed by atoms with Gasteiger partial charge in [-0.3, -0.25) is 14.4 Å². The van der Waals surface area contributed by atoms with E-state index in [4.69, 9.17) is 4.74 Å². The minimum Gasteiger partial charge on any atom is -0.497 e. The topological polar surface area (TPSA) is 88.9 Å². The van der Waals surface area contributed by atoms with E-state index in [0.717, 1.165) is 4.90 Å². The van der Waals surface area contributed by atoms with E-state index in [1.54, 1.807) is 62.7 Å². The maximum atomic E-state index is 12.1. The molecule has 0 bridgehead atoms. The van der Waals surface area contributed by atoms with Gasteiger partial charge in [-0.05, 0) is 55.5 Å². The van der Waals surface area contributed by atoms with E-state index in [1.165, 1.54) is 6.92 Å². The van der Waals surface area contributed by atoms with Gasteiger partial charge < -0.3 is 20.3 Å². The number of rotatable bonds is 8. The number of ether oxygens (including phenoxy) is 1. The van der Waals surface area contributed by atoms with Gasteiger partial charge in [0.2, 0.25) is 0 Å². The lowest BCUT2D eigenvalue weighted by Gasteiger charge is -2.14. The summed E-state index contributed by atoms with van der Waals surface area (Å²) in [5.74, 6) is 0.292. The van der Waals surface area contributed by atoms with E-state index in [-0.39, 0.29) is 30.7 Å².